The molecule has 3 rings (SSSR count). The van der Waals surface area contributed by atoms with Gasteiger partial charge in [0.1, 0.15) is 5.52 Å². The zero-order chi connectivity index (χ0) is 17.8. The molecule has 0 spiro atoms. The Hall–Kier alpha value is -2.73. The molecule has 6 nitrogen and oxygen atoms in total. The van der Waals surface area contributed by atoms with E-state index >= 15 is 0 Å². The molecular weight excluding hydrogens is 314 g/mol. The van der Waals surface area contributed by atoms with Crippen LogP contribution < -0.4 is 5.32 Å². The molecule has 0 radical (unpaired) electrons. The van der Waals surface area contributed by atoms with Crippen molar-refractivity contribution in [2.45, 2.75) is 19.9 Å². The van der Waals surface area contributed by atoms with Gasteiger partial charge in [-0.2, -0.15) is 0 Å². The summed E-state index contributed by atoms with van der Waals surface area (Å²) in [6.07, 6.45) is 0.936. The molecule has 1 heterocycles. The summed E-state index contributed by atoms with van der Waals surface area (Å²) in [5.41, 5.74) is 4.24. The summed E-state index contributed by atoms with van der Waals surface area (Å²) in [7, 11) is 4.05. The molecule has 1 amide bonds. The predicted molar refractivity (Wildman–Crippen MR) is 99.9 cm³/mol. The van der Waals surface area contributed by atoms with Crippen LogP contribution in [0.25, 0.3) is 11.0 Å². The number of benzene rings is 2. The maximum Gasteiger partial charge on any atom is 0.255 e. The average Bonchev–Trinajstić information content (AvgIpc) is 3.02. The van der Waals surface area contributed by atoms with Gasteiger partial charge in [-0.15, -0.1) is 5.10 Å². The minimum absolute atomic E-state index is 0.141. The van der Waals surface area contributed by atoms with Crippen molar-refractivity contribution in [1.82, 2.24) is 19.9 Å². The topological polar surface area (TPSA) is 63.1 Å². The third kappa shape index (κ3) is 4.03. The second-order valence-electron chi connectivity index (χ2n) is 6.33. The highest BCUT2D eigenvalue weighted by Crippen LogP contribution is 2.16. The highest BCUT2D eigenvalue weighted by molar-refractivity contribution is 6.05. The van der Waals surface area contributed by atoms with Crippen LogP contribution in [0.2, 0.25) is 0 Å². The zero-order valence-electron chi connectivity index (χ0n) is 14.9. The molecule has 1 N–H and O–H groups in total. The van der Waals surface area contributed by atoms with Crippen molar-refractivity contribution in [3.8, 4) is 0 Å². The summed E-state index contributed by atoms with van der Waals surface area (Å²) in [4.78, 5) is 14.6. The number of nitrogens with one attached hydrogen (secondary N) is 1. The van der Waals surface area contributed by atoms with Crippen molar-refractivity contribution in [2.75, 3.05) is 26.0 Å². The standard InChI is InChI=1S/C19H23N5O/c1-4-14-6-5-7-16(12-14)20-19(25)15-8-9-18-17(13-15)21-22-24(18)11-10-23(2)3/h5-9,12-13H,4,10-11H2,1-3H3,(H,20,25). The molecule has 1 aromatic heterocycles. The first-order chi connectivity index (χ1) is 12.1. The number of hydrogen-bond acceptors (Lipinski definition) is 4. The average molecular weight is 337 g/mol. The number of carbonyl (C=O) groups is 1. The summed E-state index contributed by atoms with van der Waals surface area (Å²) in [5.74, 6) is -0.141. The first-order valence-corrected chi connectivity index (χ1v) is 8.45. The Morgan fingerprint density at radius 1 is 1.20 bits per heavy atom. The van der Waals surface area contributed by atoms with Crippen LogP contribution in [-0.4, -0.2) is 46.4 Å². The summed E-state index contributed by atoms with van der Waals surface area (Å²) in [5, 5.41) is 11.3. The Kier molecular flexibility index (Phi) is 5.09. The lowest BCUT2D eigenvalue weighted by atomic mass is 10.1. The smallest absolute Gasteiger partial charge is 0.255 e. The number of carbonyl (C=O) groups excluding carboxylic acids is 1. The van der Waals surface area contributed by atoms with E-state index in [4.69, 9.17) is 0 Å². The zero-order valence-corrected chi connectivity index (χ0v) is 14.9. The highest BCUT2D eigenvalue weighted by Gasteiger charge is 2.11. The van der Waals surface area contributed by atoms with Crippen LogP contribution in [-0.2, 0) is 13.0 Å². The normalized spacial score (nSPS) is 11.2. The minimum atomic E-state index is -0.141. The molecule has 0 aliphatic carbocycles. The molecule has 130 valence electrons. The van der Waals surface area contributed by atoms with E-state index in [-0.39, 0.29) is 5.91 Å². The van der Waals surface area contributed by atoms with Gasteiger partial charge in [0.15, 0.2) is 0 Å². The molecule has 0 saturated heterocycles. The Morgan fingerprint density at radius 3 is 2.80 bits per heavy atom. The first kappa shape index (κ1) is 17.1. The number of fused-ring (bicyclic) bond motifs is 1. The summed E-state index contributed by atoms with van der Waals surface area (Å²) < 4.78 is 1.86. The first-order valence-electron chi connectivity index (χ1n) is 8.45. The largest absolute Gasteiger partial charge is 0.322 e. The van der Waals surface area contributed by atoms with Crippen molar-refractivity contribution < 1.29 is 4.79 Å². The molecule has 0 bridgehead atoms. The van der Waals surface area contributed by atoms with Gasteiger partial charge in [0.25, 0.3) is 5.91 Å². The fourth-order valence-electron chi connectivity index (χ4n) is 2.65. The van der Waals surface area contributed by atoms with E-state index in [2.05, 4.69) is 27.5 Å². The third-order valence-electron chi connectivity index (χ3n) is 4.13. The fraction of sp³-hybridized carbons (Fsp3) is 0.316. The molecular formula is C19H23N5O. The van der Waals surface area contributed by atoms with Crippen molar-refractivity contribution in [3.05, 3.63) is 53.6 Å². The maximum absolute atomic E-state index is 12.5. The number of hydrogen-bond donors (Lipinski definition) is 1. The molecule has 0 unspecified atom stereocenters. The Morgan fingerprint density at radius 2 is 2.04 bits per heavy atom. The van der Waals surface area contributed by atoms with Crippen LogP contribution in [0.5, 0.6) is 0 Å². The number of nitrogens with zero attached hydrogens (tertiary/aromatic N) is 4. The Labute approximate surface area is 147 Å². The van der Waals surface area contributed by atoms with Crippen LogP contribution in [0.3, 0.4) is 0 Å². The van der Waals surface area contributed by atoms with Gasteiger partial charge in [-0.3, -0.25) is 4.79 Å². The quantitative estimate of drug-likeness (QED) is 0.751. The van der Waals surface area contributed by atoms with Crippen molar-refractivity contribution in [1.29, 1.82) is 0 Å². The van der Waals surface area contributed by atoms with Crippen molar-refractivity contribution in [2.24, 2.45) is 0 Å². The molecule has 25 heavy (non-hydrogen) atoms. The van der Waals surface area contributed by atoms with E-state index < -0.39 is 0 Å². The summed E-state index contributed by atoms with van der Waals surface area (Å²) in [6.45, 7) is 3.74. The van der Waals surface area contributed by atoms with Crippen LogP contribution in [0, 0.1) is 0 Å². The maximum atomic E-state index is 12.5. The van der Waals surface area contributed by atoms with Crippen LogP contribution in [0.15, 0.2) is 42.5 Å². The van der Waals surface area contributed by atoms with Crippen LogP contribution in [0.4, 0.5) is 5.69 Å². The lowest BCUT2D eigenvalue weighted by Gasteiger charge is -2.09. The molecule has 0 saturated carbocycles. The number of likely N-dealkylation sites (N-methyl/N-ethyl adjacent to an activating group) is 1. The van der Waals surface area contributed by atoms with Gasteiger partial charge >= 0.3 is 0 Å². The second kappa shape index (κ2) is 7.44. The SMILES string of the molecule is CCc1cccc(NC(=O)c2ccc3c(c2)nnn3CCN(C)C)c1. The van der Waals surface area contributed by atoms with Gasteiger partial charge in [0.05, 0.1) is 12.1 Å². The van der Waals surface area contributed by atoms with Gasteiger partial charge in [-0.1, -0.05) is 24.3 Å². The lowest BCUT2D eigenvalue weighted by Crippen LogP contribution is -2.19. The summed E-state index contributed by atoms with van der Waals surface area (Å²) >= 11 is 0. The molecule has 0 aliphatic rings. The van der Waals surface area contributed by atoms with Crippen LogP contribution >= 0.6 is 0 Å². The number of rotatable bonds is 6. The molecule has 2 aromatic carbocycles. The fourth-order valence-corrected chi connectivity index (χ4v) is 2.65. The second-order valence-corrected chi connectivity index (χ2v) is 6.33. The number of amides is 1. The van der Waals surface area contributed by atoms with Crippen LogP contribution in [0.1, 0.15) is 22.8 Å². The predicted octanol–water partition coefficient (Wildman–Crippen LogP) is 2.81. The van der Waals surface area contributed by atoms with Gasteiger partial charge < -0.3 is 10.2 Å². The van der Waals surface area contributed by atoms with E-state index in [1.54, 1.807) is 6.07 Å². The monoisotopic (exact) mass is 337 g/mol. The van der Waals surface area contributed by atoms with Gasteiger partial charge in [0.2, 0.25) is 0 Å². The minimum Gasteiger partial charge on any atom is -0.322 e. The van der Waals surface area contributed by atoms with E-state index in [9.17, 15) is 4.79 Å². The number of aromatic nitrogens is 3. The highest BCUT2D eigenvalue weighted by atomic mass is 16.1. The summed E-state index contributed by atoms with van der Waals surface area (Å²) in [6, 6.07) is 13.4. The molecule has 6 heteroatoms. The van der Waals surface area contributed by atoms with Crippen molar-refractivity contribution >= 4 is 22.6 Å². The molecule has 0 atom stereocenters. The van der Waals surface area contributed by atoms with E-state index in [1.165, 1.54) is 5.56 Å². The van der Waals surface area contributed by atoms with Gasteiger partial charge in [-0.05, 0) is 56.4 Å². The van der Waals surface area contributed by atoms with Gasteiger partial charge in [0, 0.05) is 17.8 Å². The third-order valence-corrected chi connectivity index (χ3v) is 4.13. The molecule has 0 aliphatic heterocycles. The number of anilines is 1. The lowest BCUT2D eigenvalue weighted by molar-refractivity contribution is 0.102. The van der Waals surface area contributed by atoms with E-state index in [1.807, 2.05) is 55.2 Å². The van der Waals surface area contributed by atoms with E-state index in [0.717, 1.165) is 36.2 Å². The molecule has 3 aromatic rings. The van der Waals surface area contributed by atoms with Gasteiger partial charge in [-0.25, -0.2) is 4.68 Å². The van der Waals surface area contributed by atoms with Crippen molar-refractivity contribution in [3.63, 3.8) is 0 Å². The van der Waals surface area contributed by atoms with E-state index in [0.29, 0.717) is 5.56 Å². The number of aryl methyl sites for hydroxylation is 1. The Balaban J connectivity index is 1.78. The Bertz CT molecular complexity index is 884. The molecule has 0 fully saturated rings.